The van der Waals surface area contributed by atoms with Gasteiger partial charge in [0.25, 0.3) is 5.91 Å². The fraction of sp³-hybridized carbons (Fsp3) is 0.130. The first-order chi connectivity index (χ1) is 15.3. The summed E-state index contributed by atoms with van der Waals surface area (Å²) in [5, 5.41) is 3.77. The van der Waals surface area contributed by atoms with Crippen molar-refractivity contribution in [2.45, 2.75) is 18.4 Å². The van der Waals surface area contributed by atoms with Crippen LogP contribution in [0.5, 0.6) is 0 Å². The molecule has 1 N–H and O–H groups in total. The molecule has 0 radical (unpaired) electrons. The summed E-state index contributed by atoms with van der Waals surface area (Å²) in [5.74, 6) is -1.70. The van der Waals surface area contributed by atoms with Gasteiger partial charge in [-0.15, -0.1) is 0 Å². The molecule has 0 aromatic heterocycles. The second-order valence-corrected chi connectivity index (χ2v) is 8.96. The van der Waals surface area contributed by atoms with Crippen LogP contribution in [0, 0.1) is 18.6 Å². The molecule has 0 aliphatic rings. The summed E-state index contributed by atoms with van der Waals surface area (Å²) in [6, 6.07) is 17.3. The molecule has 0 spiro atoms. The Balaban J connectivity index is 1.80. The van der Waals surface area contributed by atoms with E-state index in [-0.39, 0.29) is 17.0 Å². The van der Waals surface area contributed by atoms with E-state index in [2.05, 4.69) is 10.5 Å². The first-order valence-corrected chi connectivity index (χ1v) is 11.1. The van der Waals surface area contributed by atoms with Gasteiger partial charge >= 0.3 is 0 Å². The molecule has 1 amide bonds. The number of halogens is 2. The first kappa shape index (κ1) is 23.2. The predicted molar refractivity (Wildman–Crippen MR) is 117 cm³/mol. The zero-order valence-electron chi connectivity index (χ0n) is 17.2. The van der Waals surface area contributed by atoms with E-state index in [1.807, 2.05) is 6.92 Å². The zero-order valence-corrected chi connectivity index (χ0v) is 18.0. The molecule has 0 saturated heterocycles. The summed E-state index contributed by atoms with van der Waals surface area (Å²) in [4.78, 5) is 12.4. The monoisotopic (exact) mass is 457 g/mol. The highest BCUT2D eigenvalue weighted by atomic mass is 32.2. The maximum atomic E-state index is 14.2. The van der Waals surface area contributed by atoms with E-state index >= 15 is 0 Å². The fourth-order valence-corrected chi connectivity index (χ4v) is 4.20. The van der Waals surface area contributed by atoms with Gasteiger partial charge in [0, 0.05) is 12.1 Å². The van der Waals surface area contributed by atoms with Crippen molar-refractivity contribution in [2.75, 3.05) is 6.54 Å². The molecule has 3 aromatic rings. The molecule has 0 aliphatic heterocycles. The number of nitrogens with zero attached hydrogens (tertiary/aromatic N) is 2. The van der Waals surface area contributed by atoms with E-state index in [1.54, 1.807) is 18.2 Å². The van der Waals surface area contributed by atoms with Crippen molar-refractivity contribution in [3.8, 4) is 0 Å². The van der Waals surface area contributed by atoms with Gasteiger partial charge in [0.1, 0.15) is 11.6 Å². The van der Waals surface area contributed by atoms with E-state index < -0.39 is 34.1 Å². The predicted octanol–water partition coefficient (Wildman–Crippen LogP) is 3.61. The largest absolute Gasteiger partial charge is 0.272 e. The number of amides is 1. The van der Waals surface area contributed by atoms with E-state index in [1.165, 1.54) is 60.8 Å². The van der Waals surface area contributed by atoms with Crippen LogP contribution in [0.3, 0.4) is 0 Å². The van der Waals surface area contributed by atoms with Crippen molar-refractivity contribution in [3.63, 3.8) is 0 Å². The van der Waals surface area contributed by atoms with Gasteiger partial charge in [-0.2, -0.15) is 9.41 Å². The summed E-state index contributed by atoms with van der Waals surface area (Å²) < 4.78 is 54.4. The number of hydrogen-bond acceptors (Lipinski definition) is 4. The Labute approximate surface area is 185 Å². The van der Waals surface area contributed by atoms with Crippen LogP contribution >= 0.6 is 0 Å². The standard InChI is InChI=1S/C23H21F2N3O3S/c1-17-6-12-21(13-7-17)32(30,31)28(15-19-4-2-3-5-22(19)25)16-23(29)27-26-14-18-8-10-20(24)11-9-18/h2-14H,15-16H2,1H3,(H,27,29)/b26-14+. The van der Waals surface area contributed by atoms with Crippen LogP contribution in [0.4, 0.5) is 8.78 Å². The fourth-order valence-electron chi connectivity index (χ4n) is 2.82. The molecule has 0 atom stereocenters. The van der Waals surface area contributed by atoms with Crippen molar-refractivity contribution in [1.82, 2.24) is 9.73 Å². The van der Waals surface area contributed by atoms with Gasteiger partial charge in [-0.3, -0.25) is 4.79 Å². The molecule has 0 aliphatic carbocycles. The Hall–Kier alpha value is -3.43. The Kier molecular flexibility index (Phi) is 7.45. The van der Waals surface area contributed by atoms with Gasteiger partial charge in [-0.1, -0.05) is 48.0 Å². The molecule has 0 unspecified atom stereocenters. The normalized spacial score (nSPS) is 11.8. The second kappa shape index (κ2) is 10.3. The molecular formula is C23H21F2N3O3S. The van der Waals surface area contributed by atoms with Gasteiger partial charge in [-0.05, 0) is 42.8 Å². The number of hydrogen-bond donors (Lipinski definition) is 1. The Morgan fingerprint density at radius 1 is 1.00 bits per heavy atom. The Morgan fingerprint density at radius 3 is 2.31 bits per heavy atom. The number of carbonyl (C=O) groups excluding carboxylic acids is 1. The van der Waals surface area contributed by atoms with Crippen LogP contribution in [0.15, 0.2) is 82.8 Å². The summed E-state index contributed by atoms with van der Waals surface area (Å²) >= 11 is 0. The SMILES string of the molecule is Cc1ccc(S(=O)(=O)N(CC(=O)N/N=C/c2ccc(F)cc2)Cc2ccccc2F)cc1. The average Bonchev–Trinajstić information content (AvgIpc) is 2.76. The molecule has 0 fully saturated rings. The van der Waals surface area contributed by atoms with E-state index in [0.717, 1.165) is 9.87 Å². The van der Waals surface area contributed by atoms with Crippen molar-refractivity contribution >= 4 is 22.1 Å². The van der Waals surface area contributed by atoms with Gasteiger partial charge in [0.2, 0.25) is 10.0 Å². The number of benzene rings is 3. The molecule has 0 bridgehead atoms. The van der Waals surface area contributed by atoms with Gasteiger partial charge in [0.15, 0.2) is 0 Å². The van der Waals surface area contributed by atoms with E-state index in [4.69, 9.17) is 0 Å². The highest BCUT2D eigenvalue weighted by Gasteiger charge is 2.27. The minimum atomic E-state index is -4.10. The number of aryl methyl sites for hydroxylation is 1. The molecule has 3 rings (SSSR count). The zero-order chi connectivity index (χ0) is 23.1. The number of sulfonamides is 1. The third kappa shape index (κ3) is 6.05. The van der Waals surface area contributed by atoms with Gasteiger partial charge in [-0.25, -0.2) is 22.6 Å². The first-order valence-electron chi connectivity index (χ1n) is 9.63. The average molecular weight is 458 g/mol. The van der Waals surface area contributed by atoms with Crippen LogP contribution in [0.1, 0.15) is 16.7 Å². The highest BCUT2D eigenvalue weighted by Crippen LogP contribution is 2.20. The second-order valence-electron chi connectivity index (χ2n) is 7.02. The quantitative estimate of drug-likeness (QED) is 0.415. The van der Waals surface area contributed by atoms with E-state index in [9.17, 15) is 22.0 Å². The highest BCUT2D eigenvalue weighted by molar-refractivity contribution is 7.89. The van der Waals surface area contributed by atoms with Crippen LogP contribution in [-0.4, -0.2) is 31.4 Å². The number of hydrazone groups is 1. The van der Waals surface area contributed by atoms with Crippen molar-refractivity contribution in [3.05, 3.63) is 101 Å². The lowest BCUT2D eigenvalue weighted by Gasteiger charge is -2.22. The minimum absolute atomic E-state index is 0.0120. The lowest BCUT2D eigenvalue weighted by molar-refractivity contribution is -0.121. The van der Waals surface area contributed by atoms with Crippen molar-refractivity contribution in [1.29, 1.82) is 0 Å². The third-order valence-electron chi connectivity index (χ3n) is 4.56. The molecular weight excluding hydrogens is 436 g/mol. The lowest BCUT2D eigenvalue weighted by atomic mass is 10.2. The lowest BCUT2D eigenvalue weighted by Crippen LogP contribution is -2.39. The van der Waals surface area contributed by atoms with Gasteiger partial charge < -0.3 is 0 Å². The molecule has 3 aromatic carbocycles. The Morgan fingerprint density at radius 2 is 1.66 bits per heavy atom. The maximum absolute atomic E-state index is 14.2. The molecule has 9 heteroatoms. The summed E-state index contributed by atoms with van der Waals surface area (Å²) in [6.07, 6.45) is 1.30. The minimum Gasteiger partial charge on any atom is -0.272 e. The summed E-state index contributed by atoms with van der Waals surface area (Å²) in [7, 11) is -4.10. The smallest absolute Gasteiger partial charge is 0.255 e. The summed E-state index contributed by atoms with van der Waals surface area (Å²) in [5.41, 5.74) is 3.79. The Bertz CT molecular complexity index is 1210. The van der Waals surface area contributed by atoms with Crippen LogP contribution in [-0.2, 0) is 21.4 Å². The van der Waals surface area contributed by atoms with Crippen LogP contribution in [0.25, 0.3) is 0 Å². The van der Waals surface area contributed by atoms with Crippen molar-refractivity contribution < 1.29 is 22.0 Å². The molecule has 0 heterocycles. The summed E-state index contributed by atoms with van der Waals surface area (Å²) in [6.45, 7) is 0.906. The third-order valence-corrected chi connectivity index (χ3v) is 6.36. The van der Waals surface area contributed by atoms with Crippen LogP contribution < -0.4 is 5.43 Å². The van der Waals surface area contributed by atoms with Crippen LogP contribution in [0.2, 0.25) is 0 Å². The molecule has 6 nitrogen and oxygen atoms in total. The van der Waals surface area contributed by atoms with E-state index in [0.29, 0.717) is 5.56 Å². The number of rotatable bonds is 8. The maximum Gasteiger partial charge on any atom is 0.255 e. The van der Waals surface area contributed by atoms with Gasteiger partial charge in [0.05, 0.1) is 17.7 Å². The van der Waals surface area contributed by atoms with Crippen molar-refractivity contribution in [2.24, 2.45) is 5.10 Å². The molecule has 0 saturated carbocycles. The number of nitrogens with one attached hydrogen (secondary N) is 1. The number of carbonyl (C=O) groups is 1. The topological polar surface area (TPSA) is 78.8 Å². The molecule has 32 heavy (non-hydrogen) atoms. The molecule has 166 valence electrons.